The van der Waals surface area contributed by atoms with Crippen molar-refractivity contribution in [1.82, 2.24) is 0 Å². The van der Waals surface area contributed by atoms with Crippen LogP contribution in [0.4, 0.5) is 17.1 Å². The van der Waals surface area contributed by atoms with Gasteiger partial charge in [-0.05, 0) is 83.2 Å². The van der Waals surface area contributed by atoms with E-state index in [1.54, 1.807) is 11.4 Å². The molecule has 3 fully saturated rings. The molecule has 0 saturated carbocycles. The molecular formula is C41H57N3. The Balaban J connectivity index is 1.44. The van der Waals surface area contributed by atoms with Crippen molar-refractivity contribution >= 4 is 17.1 Å². The van der Waals surface area contributed by atoms with Gasteiger partial charge in [0.2, 0.25) is 0 Å². The number of piperidine rings is 3. The monoisotopic (exact) mass is 591 g/mol. The van der Waals surface area contributed by atoms with Crippen molar-refractivity contribution < 1.29 is 0 Å². The third-order valence-electron chi connectivity index (χ3n) is 12.1. The van der Waals surface area contributed by atoms with E-state index in [1.807, 2.05) is 0 Å². The number of hydrogen-bond acceptors (Lipinski definition) is 3. The average molecular weight is 592 g/mol. The van der Waals surface area contributed by atoms with Crippen molar-refractivity contribution in [3.63, 3.8) is 0 Å². The molecular weight excluding hydrogens is 534 g/mol. The van der Waals surface area contributed by atoms with E-state index in [-0.39, 0.29) is 0 Å². The molecule has 3 heterocycles. The van der Waals surface area contributed by atoms with Gasteiger partial charge in [0.1, 0.15) is 0 Å². The second-order valence-electron chi connectivity index (χ2n) is 14.2. The third-order valence-corrected chi connectivity index (χ3v) is 12.1. The summed E-state index contributed by atoms with van der Waals surface area (Å²) in [5.41, 5.74) is 12.5. The Morgan fingerprint density at radius 3 is 1.25 bits per heavy atom. The van der Waals surface area contributed by atoms with Crippen molar-refractivity contribution in [2.45, 2.75) is 80.6 Å². The van der Waals surface area contributed by atoms with Gasteiger partial charge in [-0.2, -0.15) is 0 Å². The van der Waals surface area contributed by atoms with E-state index in [9.17, 15) is 0 Å². The van der Waals surface area contributed by atoms with Gasteiger partial charge in [0.05, 0.1) is 0 Å². The maximum atomic E-state index is 2.84. The molecule has 0 radical (unpaired) electrons. The molecule has 1 spiro atoms. The van der Waals surface area contributed by atoms with Crippen molar-refractivity contribution in [3.05, 3.63) is 88.5 Å². The summed E-state index contributed by atoms with van der Waals surface area (Å²) < 4.78 is 0. The quantitative estimate of drug-likeness (QED) is 0.259. The van der Waals surface area contributed by atoms with Crippen molar-refractivity contribution in [2.24, 2.45) is 29.1 Å². The normalized spacial score (nSPS) is 26.8. The first-order valence-electron chi connectivity index (χ1n) is 17.9. The SMILES string of the molecule is CCc1ccccc1N1C[C@@H]2CN(c3c(CC)cccc3CC)C[C@H](C)C23[C@@H](C1)CN(c1c(CC)cccc1CC)C[C@H]3C. The number of para-hydroxylation sites is 3. The maximum absolute atomic E-state index is 2.84. The molecule has 0 bridgehead atoms. The molecule has 6 rings (SSSR count). The maximum Gasteiger partial charge on any atom is 0.0431 e. The summed E-state index contributed by atoms with van der Waals surface area (Å²) in [6.45, 7) is 24.0. The zero-order chi connectivity index (χ0) is 31.0. The molecule has 0 amide bonds. The summed E-state index contributed by atoms with van der Waals surface area (Å²) in [4.78, 5) is 8.49. The number of benzene rings is 3. The van der Waals surface area contributed by atoms with Gasteiger partial charge in [-0.3, -0.25) is 0 Å². The van der Waals surface area contributed by atoms with Gasteiger partial charge in [-0.25, -0.2) is 0 Å². The Kier molecular flexibility index (Phi) is 9.05. The Bertz CT molecular complexity index is 1310. The Labute approximate surface area is 268 Å². The van der Waals surface area contributed by atoms with E-state index in [2.05, 4.69) is 124 Å². The van der Waals surface area contributed by atoms with Crippen LogP contribution in [0.2, 0.25) is 0 Å². The minimum Gasteiger partial charge on any atom is -0.371 e. The van der Waals surface area contributed by atoms with Crippen LogP contribution in [0.1, 0.15) is 76.3 Å². The van der Waals surface area contributed by atoms with Gasteiger partial charge < -0.3 is 14.7 Å². The van der Waals surface area contributed by atoms with Crippen LogP contribution in [0.3, 0.4) is 0 Å². The van der Waals surface area contributed by atoms with E-state index < -0.39 is 0 Å². The second-order valence-corrected chi connectivity index (χ2v) is 14.2. The molecule has 1 unspecified atom stereocenters. The Hall–Kier alpha value is -2.94. The highest BCUT2D eigenvalue weighted by Crippen LogP contribution is 2.58. The predicted molar refractivity (Wildman–Crippen MR) is 191 cm³/mol. The van der Waals surface area contributed by atoms with Crippen molar-refractivity contribution in [2.75, 3.05) is 54.0 Å². The van der Waals surface area contributed by atoms with Gasteiger partial charge in [-0.1, -0.05) is 103 Å². The summed E-state index contributed by atoms with van der Waals surface area (Å²) in [6.07, 6.45) is 5.50. The fourth-order valence-electron chi connectivity index (χ4n) is 10.4. The van der Waals surface area contributed by atoms with Crippen LogP contribution < -0.4 is 14.7 Å². The smallest absolute Gasteiger partial charge is 0.0431 e. The molecule has 5 atom stereocenters. The van der Waals surface area contributed by atoms with Gasteiger partial charge in [0, 0.05) is 68.2 Å². The van der Waals surface area contributed by atoms with Crippen LogP contribution in [0.25, 0.3) is 0 Å². The first-order chi connectivity index (χ1) is 21.4. The largest absolute Gasteiger partial charge is 0.371 e. The van der Waals surface area contributed by atoms with Crippen LogP contribution in [0, 0.1) is 29.1 Å². The lowest BCUT2D eigenvalue weighted by Crippen LogP contribution is -2.71. The fourth-order valence-corrected chi connectivity index (χ4v) is 10.4. The molecule has 3 aromatic rings. The number of nitrogens with zero attached hydrogens (tertiary/aromatic N) is 3. The molecule has 3 heteroatoms. The molecule has 3 saturated heterocycles. The Morgan fingerprint density at radius 1 is 0.477 bits per heavy atom. The second kappa shape index (κ2) is 12.8. The standard InChI is InChI=1S/C41H57N3/c1-8-31-17-13-14-22-38(31)42-25-36-27-43(39-32(9-2)18-15-19-33(39)10-3)23-29(6)41(36)30(7)24-44(28-37(41)26-42)40-34(11-4)20-16-21-35(40)12-5/h13-22,29-30,36-37H,8-12,23-28H2,1-7H3/t29-,30+,36+,37-,41?. The van der Waals surface area contributed by atoms with Crippen molar-refractivity contribution in [1.29, 1.82) is 0 Å². The number of aryl methyl sites for hydroxylation is 5. The summed E-state index contributed by atoms with van der Waals surface area (Å²) >= 11 is 0. The van der Waals surface area contributed by atoms with E-state index in [4.69, 9.17) is 0 Å². The summed E-state index contributed by atoms with van der Waals surface area (Å²) in [5, 5.41) is 0. The van der Waals surface area contributed by atoms with Gasteiger partial charge in [0.25, 0.3) is 0 Å². The van der Waals surface area contributed by atoms with Crippen LogP contribution >= 0.6 is 0 Å². The van der Waals surface area contributed by atoms with E-state index >= 15 is 0 Å². The first kappa shape index (κ1) is 31.1. The topological polar surface area (TPSA) is 9.72 Å². The summed E-state index contributed by atoms with van der Waals surface area (Å²) in [6, 6.07) is 23.4. The lowest BCUT2D eigenvalue weighted by molar-refractivity contribution is -0.0773. The molecule has 3 nitrogen and oxygen atoms in total. The molecule has 3 aromatic carbocycles. The lowest BCUT2D eigenvalue weighted by Gasteiger charge is -2.66. The molecule has 44 heavy (non-hydrogen) atoms. The molecule has 0 aromatic heterocycles. The van der Waals surface area contributed by atoms with Crippen molar-refractivity contribution in [3.8, 4) is 0 Å². The minimum absolute atomic E-state index is 0.353. The zero-order valence-electron chi connectivity index (χ0n) is 28.7. The molecule has 0 aliphatic carbocycles. The van der Waals surface area contributed by atoms with Gasteiger partial charge in [0.15, 0.2) is 0 Å². The molecule has 0 N–H and O–H groups in total. The summed E-state index contributed by atoms with van der Waals surface area (Å²) in [7, 11) is 0. The fraction of sp³-hybridized carbons (Fsp3) is 0.561. The highest BCUT2D eigenvalue weighted by molar-refractivity contribution is 5.63. The van der Waals surface area contributed by atoms with Crippen LogP contribution in [-0.4, -0.2) is 39.3 Å². The van der Waals surface area contributed by atoms with Crippen LogP contribution in [-0.2, 0) is 32.1 Å². The molecule has 3 aliphatic rings. The average Bonchev–Trinajstić information content (AvgIpc) is 3.06. The highest BCUT2D eigenvalue weighted by Gasteiger charge is 2.60. The van der Waals surface area contributed by atoms with Gasteiger partial charge in [-0.15, -0.1) is 0 Å². The molecule has 236 valence electrons. The van der Waals surface area contributed by atoms with E-state index in [0.717, 1.165) is 32.1 Å². The predicted octanol–water partition coefficient (Wildman–Crippen LogP) is 8.85. The van der Waals surface area contributed by atoms with E-state index in [1.165, 1.54) is 72.8 Å². The van der Waals surface area contributed by atoms with E-state index in [0.29, 0.717) is 29.1 Å². The van der Waals surface area contributed by atoms with Crippen LogP contribution in [0.5, 0.6) is 0 Å². The van der Waals surface area contributed by atoms with Crippen LogP contribution in [0.15, 0.2) is 60.7 Å². The third kappa shape index (κ3) is 5.03. The first-order valence-corrected chi connectivity index (χ1v) is 17.9. The zero-order valence-corrected chi connectivity index (χ0v) is 28.7. The minimum atomic E-state index is 0.353. The highest BCUT2D eigenvalue weighted by atomic mass is 15.2. The number of hydrogen-bond donors (Lipinski definition) is 0. The number of rotatable bonds is 8. The lowest BCUT2D eigenvalue weighted by atomic mass is 9.49. The molecule has 3 aliphatic heterocycles. The van der Waals surface area contributed by atoms with Gasteiger partial charge >= 0.3 is 0 Å². The Morgan fingerprint density at radius 2 is 0.841 bits per heavy atom. The number of anilines is 3. The summed E-state index contributed by atoms with van der Waals surface area (Å²) in [5.74, 6) is 2.56.